The highest BCUT2D eigenvalue weighted by atomic mass is 32.2. The molecule has 0 aliphatic carbocycles. The second-order valence-electron chi connectivity index (χ2n) is 8.74. The molecule has 0 aromatic heterocycles. The fourth-order valence-electron chi connectivity index (χ4n) is 3.83. The number of rotatable bonds is 9. The molecular formula is C27H23N3O9S2. The minimum Gasteiger partial charge on any atom is -0.493 e. The highest BCUT2D eigenvalue weighted by molar-refractivity contribution is 8.18. The summed E-state index contributed by atoms with van der Waals surface area (Å²) >= 11 is 0.647. The molecule has 1 aliphatic heterocycles. The Hall–Kier alpha value is -4.69. The van der Waals surface area contributed by atoms with Crippen molar-refractivity contribution in [2.24, 2.45) is 0 Å². The first-order chi connectivity index (χ1) is 19.4. The lowest BCUT2D eigenvalue weighted by Gasteiger charge is -2.14. The van der Waals surface area contributed by atoms with Crippen LogP contribution in [0.25, 0.3) is 6.08 Å². The Morgan fingerprint density at radius 1 is 1.07 bits per heavy atom. The van der Waals surface area contributed by atoms with Crippen molar-refractivity contribution in [1.82, 2.24) is 4.90 Å². The predicted molar refractivity (Wildman–Crippen MR) is 151 cm³/mol. The maximum absolute atomic E-state index is 12.9. The summed E-state index contributed by atoms with van der Waals surface area (Å²) in [7, 11) is -3.35. The molecule has 1 aliphatic rings. The van der Waals surface area contributed by atoms with Gasteiger partial charge < -0.3 is 14.2 Å². The molecular weight excluding hydrogens is 574 g/mol. The molecule has 4 rings (SSSR count). The number of aryl methyl sites for hydroxylation is 1. The highest BCUT2D eigenvalue weighted by Gasteiger charge is 2.36. The van der Waals surface area contributed by atoms with E-state index in [9.17, 15) is 32.9 Å². The fourth-order valence-corrected chi connectivity index (χ4v) is 5.78. The second kappa shape index (κ2) is 11.8. The molecule has 1 fully saturated rings. The quantitative estimate of drug-likeness (QED) is 0.159. The van der Waals surface area contributed by atoms with Crippen LogP contribution in [0, 0.1) is 24.0 Å². The van der Waals surface area contributed by atoms with Crippen LogP contribution in [0.2, 0.25) is 0 Å². The molecule has 0 atom stereocenters. The zero-order valence-corrected chi connectivity index (χ0v) is 23.6. The summed E-state index contributed by atoms with van der Waals surface area (Å²) < 4.78 is 36.0. The summed E-state index contributed by atoms with van der Waals surface area (Å²) in [5.41, 5.74) is 2.13. The minimum absolute atomic E-state index is 0.0396. The van der Waals surface area contributed by atoms with Crippen molar-refractivity contribution in [3.8, 4) is 11.5 Å². The number of nitro groups is 1. The number of hydrogen-bond acceptors (Lipinski definition) is 10. The van der Waals surface area contributed by atoms with E-state index in [4.69, 9.17) is 8.92 Å². The number of nitro benzene ring substituents is 1. The van der Waals surface area contributed by atoms with Crippen molar-refractivity contribution in [1.29, 1.82) is 0 Å². The van der Waals surface area contributed by atoms with Gasteiger partial charge >= 0.3 is 10.1 Å². The molecule has 1 heterocycles. The summed E-state index contributed by atoms with van der Waals surface area (Å²) in [5.74, 6) is -1.51. The predicted octanol–water partition coefficient (Wildman–Crippen LogP) is 4.66. The summed E-state index contributed by atoms with van der Waals surface area (Å²) in [6.07, 6.45) is 1.39. The Labute approximate surface area is 239 Å². The zero-order chi connectivity index (χ0) is 29.9. The van der Waals surface area contributed by atoms with Crippen LogP contribution in [-0.4, -0.2) is 48.9 Å². The van der Waals surface area contributed by atoms with E-state index in [2.05, 4.69) is 5.32 Å². The Balaban J connectivity index is 1.51. The van der Waals surface area contributed by atoms with Crippen LogP contribution in [0.1, 0.15) is 16.7 Å². The Morgan fingerprint density at radius 3 is 2.51 bits per heavy atom. The number of ether oxygens (including phenoxy) is 1. The van der Waals surface area contributed by atoms with Crippen molar-refractivity contribution < 1.29 is 36.6 Å². The van der Waals surface area contributed by atoms with E-state index in [0.29, 0.717) is 23.0 Å². The number of imide groups is 1. The fraction of sp³-hybridized carbons (Fsp3) is 0.148. The largest absolute Gasteiger partial charge is 0.493 e. The number of para-hydroxylation sites is 1. The SMILES string of the molecule is COc1cc(/C=C2\SC(=O)N(CC(=O)Nc3cccc(C)c3C)C2=O)ccc1OS(=O)(=O)c1ccccc1[N+](=O)[O-]. The number of carbonyl (C=O) groups is 3. The number of methoxy groups -OCH3 is 1. The van der Waals surface area contributed by atoms with Crippen molar-refractivity contribution in [3.63, 3.8) is 0 Å². The van der Waals surface area contributed by atoms with E-state index < -0.39 is 49.2 Å². The van der Waals surface area contributed by atoms with Crippen molar-refractivity contribution >= 4 is 56.4 Å². The molecule has 3 amide bonds. The number of amides is 3. The molecule has 3 aromatic carbocycles. The van der Waals surface area contributed by atoms with E-state index >= 15 is 0 Å². The molecule has 1 N–H and O–H groups in total. The van der Waals surface area contributed by atoms with Crippen molar-refractivity contribution in [2.75, 3.05) is 19.0 Å². The number of anilines is 1. The molecule has 3 aromatic rings. The van der Waals surface area contributed by atoms with Crippen LogP contribution < -0.4 is 14.2 Å². The average Bonchev–Trinajstić information content (AvgIpc) is 3.19. The van der Waals surface area contributed by atoms with E-state index in [1.807, 2.05) is 19.9 Å². The first kappa shape index (κ1) is 29.3. The average molecular weight is 598 g/mol. The minimum atomic E-state index is -4.60. The number of thioether (sulfide) groups is 1. The first-order valence-electron chi connectivity index (χ1n) is 11.9. The lowest BCUT2D eigenvalue weighted by Crippen LogP contribution is -2.36. The van der Waals surface area contributed by atoms with E-state index in [1.54, 1.807) is 12.1 Å². The molecule has 14 heteroatoms. The maximum Gasteiger partial charge on any atom is 0.346 e. The second-order valence-corrected chi connectivity index (χ2v) is 11.2. The van der Waals surface area contributed by atoms with Gasteiger partial charge in [0.05, 0.1) is 16.9 Å². The number of carbonyl (C=O) groups excluding carboxylic acids is 3. The Bertz CT molecular complexity index is 1720. The summed E-state index contributed by atoms with van der Waals surface area (Å²) in [6.45, 7) is 3.27. The van der Waals surface area contributed by atoms with Gasteiger partial charge in [0, 0.05) is 11.8 Å². The van der Waals surface area contributed by atoms with Gasteiger partial charge in [-0.2, -0.15) is 8.42 Å². The van der Waals surface area contributed by atoms with Crippen LogP contribution in [0.5, 0.6) is 11.5 Å². The maximum atomic E-state index is 12.9. The third-order valence-corrected chi connectivity index (χ3v) is 8.26. The molecule has 41 heavy (non-hydrogen) atoms. The Morgan fingerprint density at radius 2 is 1.80 bits per heavy atom. The molecule has 12 nitrogen and oxygen atoms in total. The Kier molecular flexibility index (Phi) is 8.44. The third-order valence-electron chi connectivity index (χ3n) is 6.07. The van der Waals surface area contributed by atoms with E-state index in [-0.39, 0.29) is 16.4 Å². The standard InChI is InChI=1S/C27H23N3O9S2/c1-16-7-6-8-19(17(16)2)28-25(31)15-29-26(32)23(40-27(29)33)14-18-11-12-21(22(13-18)38-3)39-41(36,37)24-10-5-4-9-20(24)30(34)35/h4-14H,15H2,1-3H3,(H,28,31)/b23-14-. The number of benzene rings is 3. The van der Waals surface area contributed by atoms with Gasteiger partial charge in [-0.05, 0) is 72.6 Å². The van der Waals surface area contributed by atoms with Gasteiger partial charge in [0.25, 0.3) is 16.8 Å². The summed E-state index contributed by atoms with van der Waals surface area (Å²) in [5, 5.41) is 13.4. The molecule has 1 saturated heterocycles. The normalized spacial score (nSPS) is 14.3. The van der Waals surface area contributed by atoms with Gasteiger partial charge in [-0.3, -0.25) is 29.4 Å². The molecule has 0 unspecified atom stereocenters. The first-order valence-corrected chi connectivity index (χ1v) is 14.1. The van der Waals surface area contributed by atoms with Gasteiger partial charge in [0.15, 0.2) is 16.4 Å². The van der Waals surface area contributed by atoms with Crippen LogP contribution in [0.3, 0.4) is 0 Å². The van der Waals surface area contributed by atoms with Gasteiger partial charge in [-0.25, -0.2) is 0 Å². The van der Waals surface area contributed by atoms with Gasteiger partial charge in [0.2, 0.25) is 5.91 Å². The van der Waals surface area contributed by atoms with Gasteiger partial charge in [0.1, 0.15) is 6.54 Å². The lowest BCUT2D eigenvalue weighted by molar-refractivity contribution is -0.387. The monoisotopic (exact) mass is 597 g/mol. The smallest absolute Gasteiger partial charge is 0.346 e. The molecule has 0 saturated carbocycles. The summed E-state index contributed by atoms with van der Waals surface area (Å²) in [6, 6.07) is 14.2. The van der Waals surface area contributed by atoms with Crippen molar-refractivity contribution in [3.05, 3.63) is 92.4 Å². The van der Waals surface area contributed by atoms with Gasteiger partial charge in [-0.15, -0.1) is 0 Å². The van der Waals surface area contributed by atoms with Crippen LogP contribution >= 0.6 is 11.8 Å². The molecule has 0 bridgehead atoms. The highest BCUT2D eigenvalue weighted by Crippen LogP contribution is 2.36. The number of hydrogen-bond donors (Lipinski definition) is 1. The summed E-state index contributed by atoms with van der Waals surface area (Å²) in [4.78, 5) is 48.7. The van der Waals surface area contributed by atoms with Crippen LogP contribution in [-0.2, 0) is 19.7 Å². The van der Waals surface area contributed by atoms with E-state index in [1.165, 1.54) is 43.5 Å². The molecule has 212 valence electrons. The van der Waals surface area contributed by atoms with Crippen LogP contribution in [0.4, 0.5) is 16.2 Å². The zero-order valence-electron chi connectivity index (χ0n) is 21.9. The number of nitrogens with one attached hydrogen (secondary N) is 1. The van der Waals surface area contributed by atoms with Crippen molar-refractivity contribution in [2.45, 2.75) is 18.7 Å². The number of nitrogens with zero attached hydrogens (tertiary/aromatic N) is 2. The third kappa shape index (κ3) is 6.39. The van der Waals surface area contributed by atoms with E-state index in [0.717, 1.165) is 28.2 Å². The topological polar surface area (TPSA) is 162 Å². The lowest BCUT2D eigenvalue weighted by atomic mass is 10.1. The van der Waals surface area contributed by atoms with Crippen LogP contribution in [0.15, 0.2) is 70.5 Å². The van der Waals surface area contributed by atoms with Gasteiger partial charge in [-0.1, -0.05) is 30.3 Å². The molecule has 0 spiro atoms. The molecule has 0 radical (unpaired) electrons.